The first kappa shape index (κ1) is 21.7. The van der Waals surface area contributed by atoms with Gasteiger partial charge in [0.2, 0.25) is 15.9 Å². The molecule has 1 heterocycles. The number of amides is 1. The second-order valence-corrected chi connectivity index (χ2v) is 9.74. The zero-order valence-corrected chi connectivity index (χ0v) is 17.7. The maximum Gasteiger partial charge on any atom is 0.223 e. The van der Waals surface area contributed by atoms with Crippen LogP contribution in [0.2, 0.25) is 5.02 Å². The monoisotopic (exact) mass is 438 g/mol. The molecule has 1 amide bonds. The molecule has 0 bridgehead atoms. The van der Waals surface area contributed by atoms with Gasteiger partial charge in [0.25, 0.3) is 0 Å². The largest absolute Gasteiger partial charge is 0.349 e. The standard InChI is InChI=1S/C21H24ClFN2O3S/c1-15(17-4-8-20(23)9-5-17)24-21(26)18-10-12-25(13-11-18)29(27,28)14-16-2-6-19(22)7-3-16/h2-9,15,18H,10-14H2,1H3,(H,24,26)/t15-/m0/s1. The van der Waals surface area contributed by atoms with E-state index in [1.165, 1.54) is 16.4 Å². The summed E-state index contributed by atoms with van der Waals surface area (Å²) in [5.41, 5.74) is 1.50. The summed E-state index contributed by atoms with van der Waals surface area (Å²) in [5.74, 6) is -0.737. The minimum atomic E-state index is -3.45. The number of hydrogen-bond donors (Lipinski definition) is 1. The fourth-order valence-electron chi connectivity index (χ4n) is 3.44. The normalized spacial score (nSPS) is 17.1. The number of rotatable bonds is 6. The molecule has 29 heavy (non-hydrogen) atoms. The van der Waals surface area contributed by atoms with Gasteiger partial charge in [-0.3, -0.25) is 4.79 Å². The number of piperidine rings is 1. The van der Waals surface area contributed by atoms with Crippen LogP contribution >= 0.6 is 11.6 Å². The maximum atomic E-state index is 13.0. The van der Waals surface area contributed by atoms with Crippen molar-refractivity contribution in [3.8, 4) is 0 Å². The van der Waals surface area contributed by atoms with E-state index in [1.54, 1.807) is 36.4 Å². The van der Waals surface area contributed by atoms with Crippen LogP contribution < -0.4 is 5.32 Å². The van der Waals surface area contributed by atoms with Gasteiger partial charge in [-0.1, -0.05) is 35.9 Å². The van der Waals surface area contributed by atoms with Gasteiger partial charge >= 0.3 is 0 Å². The van der Waals surface area contributed by atoms with E-state index < -0.39 is 10.0 Å². The van der Waals surface area contributed by atoms with Gasteiger partial charge in [-0.15, -0.1) is 0 Å². The van der Waals surface area contributed by atoms with Crippen LogP contribution in [0.25, 0.3) is 0 Å². The number of hydrogen-bond acceptors (Lipinski definition) is 3. The summed E-state index contributed by atoms with van der Waals surface area (Å²) >= 11 is 5.84. The fourth-order valence-corrected chi connectivity index (χ4v) is 5.13. The first-order valence-electron chi connectivity index (χ1n) is 9.53. The summed E-state index contributed by atoms with van der Waals surface area (Å²) in [4.78, 5) is 12.6. The Morgan fingerprint density at radius 3 is 2.31 bits per heavy atom. The highest BCUT2D eigenvalue weighted by molar-refractivity contribution is 7.88. The van der Waals surface area contributed by atoms with Gasteiger partial charge in [-0.05, 0) is 55.2 Å². The fraction of sp³-hybridized carbons (Fsp3) is 0.381. The van der Waals surface area contributed by atoms with E-state index in [-0.39, 0.29) is 29.4 Å². The molecule has 1 atom stereocenters. The molecule has 1 fully saturated rings. The van der Waals surface area contributed by atoms with Crippen LogP contribution in [-0.4, -0.2) is 31.7 Å². The van der Waals surface area contributed by atoms with Gasteiger partial charge in [0.05, 0.1) is 11.8 Å². The highest BCUT2D eigenvalue weighted by atomic mass is 35.5. The summed E-state index contributed by atoms with van der Waals surface area (Å²) < 4.78 is 39.8. The zero-order chi connectivity index (χ0) is 21.0. The van der Waals surface area contributed by atoms with Crippen molar-refractivity contribution in [2.24, 2.45) is 5.92 Å². The topological polar surface area (TPSA) is 66.5 Å². The minimum Gasteiger partial charge on any atom is -0.349 e. The number of benzene rings is 2. The number of carbonyl (C=O) groups is 1. The third kappa shape index (κ3) is 5.78. The maximum absolute atomic E-state index is 13.0. The van der Waals surface area contributed by atoms with Crippen molar-refractivity contribution in [2.75, 3.05) is 13.1 Å². The summed E-state index contributed by atoms with van der Waals surface area (Å²) in [5, 5.41) is 3.51. The van der Waals surface area contributed by atoms with Gasteiger partial charge in [-0.2, -0.15) is 0 Å². The molecule has 2 aromatic carbocycles. The van der Waals surface area contributed by atoms with Gasteiger partial charge in [0.1, 0.15) is 5.82 Å². The van der Waals surface area contributed by atoms with E-state index >= 15 is 0 Å². The molecule has 5 nitrogen and oxygen atoms in total. The highest BCUT2D eigenvalue weighted by Gasteiger charge is 2.31. The van der Waals surface area contributed by atoms with E-state index in [1.807, 2.05) is 6.92 Å². The zero-order valence-electron chi connectivity index (χ0n) is 16.1. The molecule has 156 valence electrons. The number of sulfonamides is 1. The smallest absolute Gasteiger partial charge is 0.223 e. The lowest BCUT2D eigenvalue weighted by atomic mass is 9.96. The Labute approximate surface area is 175 Å². The lowest BCUT2D eigenvalue weighted by molar-refractivity contribution is -0.126. The molecule has 0 spiro atoms. The van der Waals surface area contributed by atoms with Gasteiger partial charge < -0.3 is 5.32 Å². The Morgan fingerprint density at radius 2 is 1.72 bits per heavy atom. The van der Waals surface area contributed by atoms with Gasteiger partial charge in [0, 0.05) is 24.0 Å². The molecular weight excluding hydrogens is 415 g/mol. The van der Waals surface area contributed by atoms with Crippen LogP contribution in [0.1, 0.15) is 36.9 Å². The van der Waals surface area contributed by atoms with E-state index in [0.717, 1.165) is 5.56 Å². The molecule has 2 aromatic rings. The van der Waals surface area contributed by atoms with Crippen LogP contribution in [-0.2, 0) is 20.6 Å². The Morgan fingerprint density at radius 1 is 1.14 bits per heavy atom. The number of nitrogens with zero attached hydrogens (tertiary/aromatic N) is 1. The molecule has 0 aliphatic carbocycles. The molecule has 0 aromatic heterocycles. The number of carbonyl (C=O) groups excluding carboxylic acids is 1. The Balaban J connectivity index is 1.53. The molecule has 1 saturated heterocycles. The number of nitrogens with one attached hydrogen (secondary N) is 1. The SMILES string of the molecule is C[C@H](NC(=O)C1CCN(S(=O)(=O)Cc2ccc(Cl)cc2)CC1)c1ccc(F)cc1. The average molecular weight is 439 g/mol. The van der Waals surface area contributed by atoms with Gasteiger partial charge in [-0.25, -0.2) is 17.1 Å². The Hall–Kier alpha value is -1.96. The first-order valence-corrected chi connectivity index (χ1v) is 11.5. The highest BCUT2D eigenvalue weighted by Crippen LogP contribution is 2.23. The third-order valence-corrected chi connectivity index (χ3v) is 7.31. The van der Waals surface area contributed by atoms with E-state index in [2.05, 4.69) is 5.32 Å². The van der Waals surface area contributed by atoms with Crippen molar-refractivity contribution < 1.29 is 17.6 Å². The van der Waals surface area contributed by atoms with Gasteiger partial charge in [0.15, 0.2) is 0 Å². The number of halogens is 2. The second-order valence-electron chi connectivity index (χ2n) is 7.34. The van der Waals surface area contributed by atoms with Crippen LogP contribution in [0.3, 0.4) is 0 Å². The molecule has 1 aliphatic heterocycles. The average Bonchev–Trinajstić information content (AvgIpc) is 2.70. The molecule has 8 heteroatoms. The van der Waals surface area contributed by atoms with Crippen molar-refractivity contribution in [1.29, 1.82) is 0 Å². The molecule has 0 radical (unpaired) electrons. The van der Waals surface area contributed by atoms with E-state index in [4.69, 9.17) is 11.6 Å². The van der Waals surface area contributed by atoms with Crippen LogP contribution in [0.15, 0.2) is 48.5 Å². The van der Waals surface area contributed by atoms with Crippen LogP contribution in [0, 0.1) is 11.7 Å². The molecular formula is C21H24ClFN2O3S. The van der Waals surface area contributed by atoms with Crippen LogP contribution in [0.5, 0.6) is 0 Å². The third-order valence-electron chi connectivity index (χ3n) is 5.21. The second kappa shape index (κ2) is 9.24. The predicted molar refractivity (Wildman–Crippen MR) is 111 cm³/mol. The van der Waals surface area contributed by atoms with Crippen molar-refractivity contribution in [3.63, 3.8) is 0 Å². The summed E-state index contributed by atoms with van der Waals surface area (Å²) in [6.07, 6.45) is 0.948. The summed E-state index contributed by atoms with van der Waals surface area (Å²) in [7, 11) is -3.45. The summed E-state index contributed by atoms with van der Waals surface area (Å²) in [6, 6.07) is 12.5. The molecule has 0 unspecified atom stereocenters. The van der Waals surface area contributed by atoms with Crippen LogP contribution in [0.4, 0.5) is 4.39 Å². The predicted octanol–water partition coefficient (Wildman–Crippen LogP) is 3.90. The molecule has 1 N–H and O–H groups in total. The Kier molecular flexibility index (Phi) is 6.93. The van der Waals surface area contributed by atoms with Crippen molar-refractivity contribution in [3.05, 3.63) is 70.5 Å². The lowest BCUT2D eigenvalue weighted by Gasteiger charge is -2.31. The minimum absolute atomic E-state index is 0.0807. The molecule has 0 saturated carbocycles. The summed E-state index contributed by atoms with van der Waals surface area (Å²) in [6.45, 7) is 2.48. The van der Waals surface area contributed by atoms with E-state index in [0.29, 0.717) is 36.5 Å². The quantitative estimate of drug-likeness (QED) is 0.743. The van der Waals surface area contributed by atoms with Crippen molar-refractivity contribution in [2.45, 2.75) is 31.6 Å². The van der Waals surface area contributed by atoms with Crippen molar-refractivity contribution in [1.82, 2.24) is 9.62 Å². The van der Waals surface area contributed by atoms with Crippen molar-refractivity contribution >= 4 is 27.5 Å². The lowest BCUT2D eigenvalue weighted by Crippen LogP contribution is -2.43. The molecule has 3 rings (SSSR count). The van der Waals surface area contributed by atoms with E-state index in [9.17, 15) is 17.6 Å². The first-order chi connectivity index (χ1) is 13.7. The Bertz CT molecular complexity index is 941. The molecule has 1 aliphatic rings.